The Bertz CT molecular complexity index is 1240. The van der Waals surface area contributed by atoms with Crippen LogP contribution in [0.4, 0.5) is 15.8 Å². The molecule has 0 aliphatic heterocycles. The van der Waals surface area contributed by atoms with Gasteiger partial charge in [0.25, 0.3) is 17.3 Å². The molecule has 13 heteroatoms. The Morgan fingerprint density at radius 2 is 1.62 bits per heavy atom. The van der Waals surface area contributed by atoms with Gasteiger partial charge in [-0.15, -0.1) is 11.3 Å². The summed E-state index contributed by atoms with van der Waals surface area (Å²) in [5.41, 5.74) is -0.860. The van der Waals surface area contributed by atoms with Crippen LogP contribution in [0.25, 0.3) is 0 Å². The van der Waals surface area contributed by atoms with Crippen molar-refractivity contribution in [3.05, 3.63) is 102 Å². The van der Waals surface area contributed by atoms with Crippen LogP contribution in [0.2, 0.25) is 0 Å². The third kappa shape index (κ3) is 7.62. The first kappa shape index (κ1) is 27.4. The zero-order chi connectivity index (χ0) is 26.9. The molecule has 194 valence electrons. The van der Waals surface area contributed by atoms with E-state index in [-0.39, 0.29) is 31.8 Å². The summed E-state index contributed by atoms with van der Waals surface area (Å²) in [7, 11) is 1.40. The lowest BCUT2D eigenvalue weighted by molar-refractivity contribution is -0.394. The third-order valence-electron chi connectivity index (χ3n) is 5.32. The summed E-state index contributed by atoms with van der Waals surface area (Å²) in [6.07, 6.45) is 0. The van der Waals surface area contributed by atoms with Crippen LogP contribution in [0, 0.1) is 26.0 Å². The molecule has 2 amide bonds. The fourth-order valence-electron chi connectivity index (χ4n) is 3.46. The maximum atomic E-state index is 13.4. The predicted octanol–water partition coefficient (Wildman–Crippen LogP) is 4.02. The van der Waals surface area contributed by atoms with Crippen LogP contribution < -0.4 is 0 Å². The van der Waals surface area contributed by atoms with Gasteiger partial charge < -0.3 is 14.5 Å². The summed E-state index contributed by atoms with van der Waals surface area (Å²) >= 11 is 1.44. The second-order valence-corrected chi connectivity index (χ2v) is 8.96. The van der Waals surface area contributed by atoms with Gasteiger partial charge in [-0.2, -0.15) is 0 Å². The number of methoxy groups -OCH3 is 1. The monoisotopic (exact) mass is 530 g/mol. The molecular formula is C24H23FN4O7S. The number of nitro groups is 2. The molecule has 11 nitrogen and oxygen atoms in total. The number of hydrogen-bond donors (Lipinski definition) is 0. The van der Waals surface area contributed by atoms with Crippen molar-refractivity contribution < 1.29 is 28.6 Å². The number of thiophene rings is 1. The first-order chi connectivity index (χ1) is 17.7. The van der Waals surface area contributed by atoms with E-state index >= 15 is 0 Å². The molecule has 0 spiro atoms. The Labute approximate surface area is 215 Å². The fourth-order valence-corrected chi connectivity index (χ4v) is 4.18. The fraction of sp³-hybridized carbons (Fsp3) is 0.250. The van der Waals surface area contributed by atoms with Crippen LogP contribution in [0.5, 0.6) is 0 Å². The lowest BCUT2D eigenvalue weighted by Crippen LogP contribution is -2.43. The Balaban J connectivity index is 1.89. The number of halogens is 1. The van der Waals surface area contributed by atoms with Gasteiger partial charge in [0.1, 0.15) is 12.4 Å². The van der Waals surface area contributed by atoms with Gasteiger partial charge in [-0.05, 0) is 29.1 Å². The smallest absolute Gasteiger partial charge is 0.277 e. The van der Waals surface area contributed by atoms with Gasteiger partial charge in [0.2, 0.25) is 5.91 Å². The van der Waals surface area contributed by atoms with Crippen molar-refractivity contribution in [3.63, 3.8) is 0 Å². The second kappa shape index (κ2) is 12.6. The molecule has 1 heterocycles. The van der Waals surface area contributed by atoms with Crippen LogP contribution in [-0.2, 0) is 22.6 Å². The molecule has 0 bridgehead atoms. The summed E-state index contributed by atoms with van der Waals surface area (Å²) in [4.78, 5) is 51.1. The maximum absolute atomic E-state index is 13.4. The van der Waals surface area contributed by atoms with Gasteiger partial charge in [-0.3, -0.25) is 29.8 Å². The first-order valence-electron chi connectivity index (χ1n) is 10.9. The molecule has 0 N–H and O–H groups in total. The summed E-state index contributed by atoms with van der Waals surface area (Å²) < 4.78 is 18.4. The molecule has 2 aromatic carbocycles. The molecule has 0 atom stereocenters. The zero-order valence-corrected chi connectivity index (χ0v) is 20.6. The quantitative estimate of drug-likeness (QED) is 0.255. The van der Waals surface area contributed by atoms with Crippen molar-refractivity contribution in [2.45, 2.75) is 13.1 Å². The van der Waals surface area contributed by atoms with Gasteiger partial charge in [0.15, 0.2) is 0 Å². The van der Waals surface area contributed by atoms with Crippen molar-refractivity contribution in [2.24, 2.45) is 0 Å². The molecule has 0 unspecified atom stereocenters. The summed E-state index contributed by atoms with van der Waals surface area (Å²) in [6, 6.07) is 12.0. The first-order valence-corrected chi connectivity index (χ1v) is 11.8. The third-order valence-corrected chi connectivity index (χ3v) is 6.18. The summed E-state index contributed by atoms with van der Waals surface area (Å²) in [6.45, 7) is -0.0147. The van der Waals surface area contributed by atoms with Crippen LogP contribution in [-0.4, -0.2) is 58.3 Å². The van der Waals surface area contributed by atoms with Gasteiger partial charge in [0.05, 0.1) is 34.6 Å². The number of carbonyl (C=O) groups is 2. The number of benzene rings is 2. The topological polar surface area (TPSA) is 136 Å². The van der Waals surface area contributed by atoms with Gasteiger partial charge >= 0.3 is 0 Å². The van der Waals surface area contributed by atoms with Crippen molar-refractivity contribution >= 4 is 34.5 Å². The predicted molar refractivity (Wildman–Crippen MR) is 133 cm³/mol. The Morgan fingerprint density at radius 1 is 0.973 bits per heavy atom. The second-order valence-electron chi connectivity index (χ2n) is 7.93. The van der Waals surface area contributed by atoms with Crippen LogP contribution in [0.15, 0.2) is 60.0 Å². The van der Waals surface area contributed by atoms with E-state index in [1.54, 1.807) is 12.1 Å². The standard InChI is InChI=1S/C24H23FN4O7S/c1-36-9-8-26(24(31)18-11-20(28(32)33)13-21(12-18)29(34)35)16-23(30)27(15-22-3-2-10-37-22)14-17-4-6-19(25)7-5-17/h2-7,10-13H,8-9,14-16H2,1H3. The molecular weight excluding hydrogens is 507 g/mol. The number of nitrogens with zero attached hydrogens (tertiary/aromatic N) is 4. The SMILES string of the molecule is COCCN(CC(=O)N(Cc1ccc(F)cc1)Cc1cccs1)C(=O)c1cc([N+](=O)[O-])cc([N+](=O)[O-])c1. The van der Waals surface area contributed by atoms with E-state index in [2.05, 4.69) is 0 Å². The number of carbonyl (C=O) groups excluding carboxylic acids is 2. The molecule has 0 aliphatic rings. The Hall–Kier alpha value is -4.23. The van der Waals surface area contributed by atoms with Crippen molar-refractivity contribution in [2.75, 3.05) is 26.8 Å². The van der Waals surface area contributed by atoms with Crippen molar-refractivity contribution in [3.8, 4) is 0 Å². The number of amides is 2. The molecule has 0 saturated heterocycles. The number of non-ortho nitro benzene ring substituents is 2. The van der Waals surface area contributed by atoms with E-state index in [0.29, 0.717) is 5.56 Å². The summed E-state index contributed by atoms with van der Waals surface area (Å²) in [5.74, 6) is -1.65. The highest BCUT2D eigenvalue weighted by Crippen LogP contribution is 2.24. The van der Waals surface area contributed by atoms with Gasteiger partial charge in [-0.25, -0.2) is 4.39 Å². The van der Waals surface area contributed by atoms with Gasteiger partial charge in [-0.1, -0.05) is 18.2 Å². The number of nitro benzene ring substituents is 2. The van der Waals surface area contributed by atoms with Crippen LogP contribution >= 0.6 is 11.3 Å². The molecule has 3 rings (SSSR count). The van der Waals surface area contributed by atoms with E-state index in [0.717, 1.165) is 28.0 Å². The van der Waals surface area contributed by atoms with Gasteiger partial charge in [0, 0.05) is 37.2 Å². The largest absolute Gasteiger partial charge is 0.383 e. The highest BCUT2D eigenvalue weighted by atomic mass is 32.1. The van der Waals surface area contributed by atoms with Crippen LogP contribution in [0.3, 0.4) is 0 Å². The molecule has 37 heavy (non-hydrogen) atoms. The Kier molecular flexibility index (Phi) is 9.35. The molecule has 0 fully saturated rings. The molecule has 0 radical (unpaired) electrons. The van der Waals surface area contributed by atoms with E-state index < -0.39 is 45.4 Å². The molecule has 1 aromatic heterocycles. The number of hydrogen-bond acceptors (Lipinski definition) is 8. The van der Waals surface area contributed by atoms with E-state index in [4.69, 9.17) is 4.74 Å². The maximum Gasteiger partial charge on any atom is 0.277 e. The summed E-state index contributed by atoms with van der Waals surface area (Å²) in [5, 5.41) is 24.4. The lowest BCUT2D eigenvalue weighted by Gasteiger charge is -2.27. The normalized spacial score (nSPS) is 10.6. The van der Waals surface area contributed by atoms with Crippen LogP contribution in [0.1, 0.15) is 20.8 Å². The number of rotatable bonds is 12. The molecule has 3 aromatic rings. The Morgan fingerprint density at radius 3 is 2.16 bits per heavy atom. The van der Waals surface area contributed by atoms with E-state index in [9.17, 15) is 34.2 Å². The minimum absolute atomic E-state index is 0.0407. The van der Waals surface area contributed by atoms with Crippen molar-refractivity contribution in [1.82, 2.24) is 9.80 Å². The van der Waals surface area contributed by atoms with E-state index in [1.165, 1.54) is 35.5 Å². The van der Waals surface area contributed by atoms with Crippen molar-refractivity contribution in [1.29, 1.82) is 0 Å². The minimum Gasteiger partial charge on any atom is -0.383 e. The zero-order valence-electron chi connectivity index (χ0n) is 19.7. The highest BCUT2D eigenvalue weighted by molar-refractivity contribution is 7.09. The number of ether oxygens (including phenoxy) is 1. The minimum atomic E-state index is -0.833. The average molecular weight is 531 g/mol. The lowest BCUT2D eigenvalue weighted by atomic mass is 10.1. The van der Waals surface area contributed by atoms with E-state index in [1.807, 2.05) is 17.5 Å². The highest BCUT2D eigenvalue weighted by Gasteiger charge is 2.26. The molecule has 0 aliphatic carbocycles. The average Bonchev–Trinajstić information content (AvgIpc) is 3.39. The molecule has 0 saturated carbocycles.